The maximum Gasteiger partial charge on any atom is 0.316 e. The number of aliphatic hydroxyl groups excluding tert-OH is 2. The number of hydrogen-bond donors (Lipinski definition) is 6. The zero-order valence-electron chi connectivity index (χ0n) is 21.3. The average Bonchev–Trinajstić information content (AvgIpc) is 3.23. The number of alkyl halides is 2. The SMILES string of the molecule is COc1nc(-c2cc(F)ccc2[C@@H]2N=C(NOCC3NCC(O)C3O)c3c(C)nc(N)nc3C2(F)F)cnc1N. The maximum absolute atomic E-state index is 16.2. The predicted octanol–water partition coefficient (Wildman–Crippen LogP) is 0.362. The number of nitrogen functional groups attached to an aromatic ring is 2. The number of nitrogens with two attached hydrogens (primary N) is 2. The van der Waals surface area contributed by atoms with Crippen LogP contribution >= 0.6 is 0 Å². The zero-order chi connectivity index (χ0) is 28.8. The minimum Gasteiger partial charge on any atom is -0.478 e. The number of hydroxylamine groups is 1. The van der Waals surface area contributed by atoms with Crippen molar-refractivity contribution in [2.45, 2.75) is 37.1 Å². The largest absolute Gasteiger partial charge is 0.478 e. The number of aliphatic imine (C=N–C) groups is 1. The molecule has 2 aromatic heterocycles. The van der Waals surface area contributed by atoms with Crippen LogP contribution in [0.3, 0.4) is 0 Å². The monoisotopic (exact) mass is 561 g/mol. The van der Waals surface area contributed by atoms with E-state index in [9.17, 15) is 14.6 Å². The number of aryl methyl sites for hydroxylation is 1. The fourth-order valence-electron chi connectivity index (χ4n) is 4.65. The summed E-state index contributed by atoms with van der Waals surface area (Å²) < 4.78 is 51.9. The van der Waals surface area contributed by atoms with Crippen molar-refractivity contribution < 1.29 is 33.0 Å². The molecule has 4 atom stereocenters. The number of nitrogens with one attached hydrogen (secondary N) is 2. The number of anilines is 2. The lowest BCUT2D eigenvalue weighted by Crippen LogP contribution is -2.42. The van der Waals surface area contributed by atoms with Crippen LogP contribution in [0.2, 0.25) is 0 Å². The summed E-state index contributed by atoms with van der Waals surface area (Å²) in [5.41, 5.74) is 13.2. The molecule has 16 heteroatoms. The molecule has 3 unspecified atom stereocenters. The van der Waals surface area contributed by atoms with Crippen LogP contribution in [-0.4, -0.2) is 74.5 Å². The van der Waals surface area contributed by atoms with Gasteiger partial charge in [-0.05, 0) is 24.6 Å². The van der Waals surface area contributed by atoms with Crippen molar-refractivity contribution in [3.8, 4) is 17.1 Å². The van der Waals surface area contributed by atoms with Gasteiger partial charge in [0.15, 0.2) is 11.7 Å². The zero-order valence-corrected chi connectivity index (χ0v) is 21.3. The Balaban J connectivity index is 1.59. The van der Waals surface area contributed by atoms with Gasteiger partial charge in [0, 0.05) is 12.1 Å². The van der Waals surface area contributed by atoms with E-state index >= 15 is 8.78 Å². The standard InChI is InChI=1S/C24H26F3N9O4/c1-9-16-19(35-23(29)32-9)24(26,27)18(34-21(16)36-40-8-14-17(38)15(37)7-30-14)11-4-3-10(25)5-12(11)13-6-31-20(28)22(33-13)39-2/h3-6,14-15,17-18,30,37-38H,7-8H2,1-2H3,(H2,28,31)(H,34,36)(H2,29,32,35)/t14?,15?,17?,18-/m0/s1. The van der Waals surface area contributed by atoms with E-state index in [1.807, 2.05) is 0 Å². The van der Waals surface area contributed by atoms with Crippen molar-refractivity contribution in [3.63, 3.8) is 0 Å². The van der Waals surface area contributed by atoms with E-state index in [2.05, 4.69) is 35.7 Å². The van der Waals surface area contributed by atoms with Crippen molar-refractivity contribution in [1.29, 1.82) is 0 Å². The quantitative estimate of drug-likeness (QED) is 0.226. The molecule has 2 aliphatic rings. The van der Waals surface area contributed by atoms with E-state index in [-0.39, 0.29) is 64.7 Å². The van der Waals surface area contributed by atoms with Crippen LogP contribution in [0, 0.1) is 12.7 Å². The molecule has 0 spiro atoms. The molecular formula is C24H26F3N9O4. The van der Waals surface area contributed by atoms with E-state index in [1.54, 1.807) is 0 Å². The highest BCUT2D eigenvalue weighted by Gasteiger charge is 2.51. The van der Waals surface area contributed by atoms with Gasteiger partial charge in [-0.3, -0.25) is 9.83 Å². The molecule has 13 nitrogen and oxygen atoms in total. The number of rotatable bonds is 6. The molecule has 0 bridgehead atoms. The highest BCUT2D eigenvalue weighted by molar-refractivity contribution is 6.01. The molecular weight excluding hydrogens is 535 g/mol. The molecule has 1 aromatic carbocycles. The molecule has 4 heterocycles. The number of ether oxygens (including phenoxy) is 1. The van der Waals surface area contributed by atoms with Crippen LogP contribution in [0.25, 0.3) is 11.3 Å². The third-order valence-electron chi connectivity index (χ3n) is 6.64. The van der Waals surface area contributed by atoms with Crippen LogP contribution < -0.4 is 27.0 Å². The Labute approximate surface area is 225 Å². The molecule has 0 aliphatic carbocycles. The van der Waals surface area contributed by atoms with Gasteiger partial charge in [-0.2, -0.15) is 8.78 Å². The van der Waals surface area contributed by atoms with Crippen LogP contribution in [0.1, 0.15) is 28.6 Å². The number of benzene rings is 1. The Bertz CT molecular complexity index is 1480. The highest BCUT2D eigenvalue weighted by Crippen LogP contribution is 2.49. The number of hydrogen-bond acceptors (Lipinski definition) is 13. The predicted molar refractivity (Wildman–Crippen MR) is 136 cm³/mol. The summed E-state index contributed by atoms with van der Waals surface area (Å²) in [6, 6.07) is 0.632. The van der Waals surface area contributed by atoms with Crippen molar-refractivity contribution in [3.05, 3.63) is 52.7 Å². The van der Waals surface area contributed by atoms with Gasteiger partial charge < -0.3 is 31.7 Å². The number of halogens is 3. The maximum atomic E-state index is 16.2. The number of methoxy groups -OCH3 is 1. The summed E-state index contributed by atoms with van der Waals surface area (Å²) in [7, 11) is 1.30. The summed E-state index contributed by atoms with van der Waals surface area (Å²) in [5, 5.41) is 22.7. The lowest BCUT2D eigenvalue weighted by atomic mass is 9.88. The summed E-state index contributed by atoms with van der Waals surface area (Å²) in [5.74, 6) is -5.09. The van der Waals surface area contributed by atoms with Crippen molar-refractivity contribution in [2.24, 2.45) is 4.99 Å². The molecule has 8 N–H and O–H groups in total. The van der Waals surface area contributed by atoms with E-state index in [4.69, 9.17) is 21.0 Å². The fraction of sp³-hybridized carbons (Fsp3) is 0.375. The van der Waals surface area contributed by atoms with Crippen LogP contribution in [0.5, 0.6) is 5.88 Å². The summed E-state index contributed by atoms with van der Waals surface area (Å²) in [6.07, 6.45) is -0.866. The highest BCUT2D eigenvalue weighted by atomic mass is 19.3. The van der Waals surface area contributed by atoms with Gasteiger partial charge in [-0.25, -0.2) is 29.8 Å². The molecule has 0 amide bonds. The Morgan fingerprint density at radius 3 is 2.67 bits per heavy atom. The van der Waals surface area contributed by atoms with Gasteiger partial charge in [-0.15, -0.1) is 0 Å². The third-order valence-corrected chi connectivity index (χ3v) is 6.64. The third kappa shape index (κ3) is 4.85. The van der Waals surface area contributed by atoms with E-state index in [1.165, 1.54) is 26.3 Å². The number of amidine groups is 1. The van der Waals surface area contributed by atoms with Gasteiger partial charge in [0.2, 0.25) is 5.95 Å². The summed E-state index contributed by atoms with van der Waals surface area (Å²) >= 11 is 0. The summed E-state index contributed by atoms with van der Waals surface area (Å²) in [6.45, 7) is 1.47. The number of nitrogens with zero attached hydrogens (tertiary/aromatic N) is 5. The molecule has 5 rings (SSSR count). The second kappa shape index (κ2) is 10.5. The Morgan fingerprint density at radius 1 is 1.20 bits per heavy atom. The molecule has 2 aliphatic heterocycles. The Morgan fingerprint density at radius 2 is 1.98 bits per heavy atom. The Hall–Kier alpha value is -4.12. The fourth-order valence-corrected chi connectivity index (χ4v) is 4.65. The van der Waals surface area contributed by atoms with Crippen LogP contribution in [0.4, 0.5) is 24.9 Å². The first-order valence-corrected chi connectivity index (χ1v) is 12.1. The lowest BCUT2D eigenvalue weighted by Gasteiger charge is -2.32. The molecule has 212 valence electrons. The van der Waals surface area contributed by atoms with Gasteiger partial charge in [0.1, 0.15) is 17.6 Å². The first-order valence-electron chi connectivity index (χ1n) is 12.1. The van der Waals surface area contributed by atoms with Gasteiger partial charge >= 0.3 is 5.92 Å². The van der Waals surface area contributed by atoms with Crippen molar-refractivity contribution in [2.75, 3.05) is 31.7 Å². The normalized spacial score (nSPS) is 23.4. The number of aromatic nitrogens is 4. The molecule has 0 radical (unpaired) electrons. The molecule has 1 saturated heterocycles. The second-order valence-electron chi connectivity index (χ2n) is 9.26. The van der Waals surface area contributed by atoms with E-state index in [0.29, 0.717) is 0 Å². The first-order chi connectivity index (χ1) is 19.0. The lowest BCUT2D eigenvalue weighted by molar-refractivity contribution is -0.0396. The smallest absolute Gasteiger partial charge is 0.316 e. The van der Waals surface area contributed by atoms with E-state index < -0.39 is 41.7 Å². The van der Waals surface area contributed by atoms with E-state index in [0.717, 1.165) is 12.1 Å². The van der Waals surface area contributed by atoms with Gasteiger partial charge in [-0.1, -0.05) is 6.07 Å². The topological polar surface area (TPSA) is 199 Å². The van der Waals surface area contributed by atoms with Gasteiger partial charge in [0.25, 0.3) is 5.88 Å². The van der Waals surface area contributed by atoms with Gasteiger partial charge in [0.05, 0.1) is 55.1 Å². The molecule has 40 heavy (non-hydrogen) atoms. The number of fused-ring (bicyclic) bond motifs is 1. The average molecular weight is 562 g/mol. The Kier molecular flexibility index (Phi) is 7.17. The van der Waals surface area contributed by atoms with Crippen LogP contribution in [-0.2, 0) is 10.8 Å². The minimum absolute atomic E-state index is 0.0151. The minimum atomic E-state index is -3.74. The van der Waals surface area contributed by atoms with Crippen molar-refractivity contribution >= 4 is 17.6 Å². The number of β-amino-alcohol motifs (C(OH)–C–C–N with tert-alkyl or cyclic N) is 1. The molecule has 1 fully saturated rings. The number of aliphatic hydroxyl groups is 2. The first kappa shape index (κ1) is 27.4. The van der Waals surface area contributed by atoms with Crippen molar-refractivity contribution in [1.82, 2.24) is 30.7 Å². The second-order valence-corrected chi connectivity index (χ2v) is 9.26. The summed E-state index contributed by atoms with van der Waals surface area (Å²) in [4.78, 5) is 25.7. The molecule has 3 aromatic rings. The van der Waals surface area contributed by atoms with Crippen LogP contribution in [0.15, 0.2) is 29.4 Å². The molecule has 0 saturated carbocycles.